The van der Waals surface area contributed by atoms with Gasteiger partial charge in [0.2, 0.25) is 0 Å². The van der Waals surface area contributed by atoms with Gasteiger partial charge in [-0.1, -0.05) is 12.1 Å². The second kappa shape index (κ2) is 5.17. The fourth-order valence-electron chi connectivity index (χ4n) is 2.09. The number of rotatable bonds is 4. The number of methoxy groups -OCH3 is 1. The number of likely N-dealkylation sites (tertiary alicyclic amines) is 1. The molecule has 2 nitrogen and oxygen atoms in total. The van der Waals surface area contributed by atoms with Crippen LogP contribution in [0.1, 0.15) is 18.4 Å². The highest BCUT2D eigenvalue weighted by molar-refractivity contribution is 5.27. The SMILES string of the molecule is COc1ccc(CCN2CCCC2)cc1. The van der Waals surface area contributed by atoms with Crippen molar-refractivity contribution in [1.29, 1.82) is 0 Å². The minimum Gasteiger partial charge on any atom is -0.497 e. The highest BCUT2D eigenvalue weighted by Gasteiger charge is 2.10. The molecular formula is C13H19NO. The Balaban J connectivity index is 1.82. The zero-order valence-corrected chi connectivity index (χ0v) is 9.41. The van der Waals surface area contributed by atoms with Crippen LogP contribution in [0.3, 0.4) is 0 Å². The summed E-state index contributed by atoms with van der Waals surface area (Å²) in [6.07, 6.45) is 3.91. The summed E-state index contributed by atoms with van der Waals surface area (Å²) < 4.78 is 5.14. The molecule has 2 heteroatoms. The van der Waals surface area contributed by atoms with E-state index in [4.69, 9.17) is 4.74 Å². The predicted octanol–water partition coefficient (Wildman–Crippen LogP) is 2.33. The standard InChI is InChI=1S/C13H19NO/c1-15-13-6-4-12(5-7-13)8-11-14-9-2-3-10-14/h4-7H,2-3,8-11H2,1H3. The zero-order valence-electron chi connectivity index (χ0n) is 9.41. The van der Waals surface area contributed by atoms with E-state index in [1.54, 1.807) is 7.11 Å². The first-order chi connectivity index (χ1) is 7.38. The summed E-state index contributed by atoms with van der Waals surface area (Å²) in [7, 11) is 1.71. The van der Waals surface area contributed by atoms with Crippen LogP contribution in [0.4, 0.5) is 0 Å². The smallest absolute Gasteiger partial charge is 0.118 e. The number of benzene rings is 1. The second-order valence-electron chi connectivity index (χ2n) is 4.15. The minimum absolute atomic E-state index is 0.944. The summed E-state index contributed by atoms with van der Waals surface area (Å²) >= 11 is 0. The Hall–Kier alpha value is -1.02. The molecule has 1 aliphatic heterocycles. The van der Waals surface area contributed by atoms with Gasteiger partial charge in [0.15, 0.2) is 0 Å². The summed E-state index contributed by atoms with van der Waals surface area (Å²) in [4.78, 5) is 2.55. The van der Waals surface area contributed by atoms with Crippen LogP contribution < -0.4 is 4.74 Å². The van der Waals surface area contributed by atoms with E-state index in [1.165, 1.54) is 38.0 Å². The van der Waals surface area contributed by atoms with Crippen molar-refractivity contribution in [3.63, 3.8) is 0 Å². The molecule has 1 fully saturated rings. The summed E-state index contributed by atoms with van der Waals surface area (Å²) in [5.41, 5.74) is 1.41. The van der Waals surface area contributed by atoms with Gasteiger partial charge in [0.05, 0.1) is 7.11 Å². The average molecular weight is 205 g/mol. The number of hydrogen-bond acceptors (Lipinski definition) is 2. The van der Waals surface area contributed by atoms with Crippen molar-refractivity contribution in [2.75, 3.05) is 26.7 Å². The minimum atomic E-state index is 0.944. The third-order valence-electron chi connectivity index (χ3n) is 3.07. The Bertz CT molecular complexity index is 288. The molecule has 1 heterocycles. The van der Waals surface area contributed by atoms with Gasteiger partial charge in [-0.3, -0.25) is 0 Å². The van der Waals surface area contributed by atoms with Crippen LogP contribution in [0.15, 0.2) is 24.3 Å². The monoisotopic (exact) mass is 205 g/mol. The molecule has 0 aliphatic carbocycles. The van der Waals surface area contributed by atoms with Gasteiger partial charge in [-0.25, -0.2) is 0 Å². The van der Waals surface area contributed by atoms with Gasteiger partial charge in [-0.05, 0) is 50.0 Å². The molecule has 1 saturated heterocycles. The molecule has 0 bridgehead atoms. The maximum Gasteiger partial charge on any atom is 0.118 e. The van der Waals surface area contributed by atoms with Gasteiger partial charge >= 0.3 is 0 Å². The Kier molecular flexibility index (Phi) is 3.62. The lowest BCUT2D eigenvalue weighted by Gasteiger charge is -2.14. The summed E-state index contributed by atoms with van der Waals surface area (Å²) in [5.74, 6) is 0.944. The van der Waals surface area contributed by atoms with Crippen LogP contribution in [0.5, 0.6) is 5.75 Å². The highest BCUT2D eigenvalue weighted by atomic mass is 16.5. The van der Waals surface area contributed by atoms with E-state index >= 15 is 0 Å². The lowest BCUT2D eigenvalue weighted by atomic mass is 10.1. The second-order valence-corrected chi connectivity index (χ2v) is 4.15. The molecule has 0 aromatic heterocycles. The Labute approximate surface area is 91.9 Å². The molecular weight excluding hydrogens is 186 g/mol. The molecule has 0 spiro atoms. The third kappa shape index (κ3) is 2.96. The summed E-state index contributed by atoms with van der Waals surface area (Å²) in [5, 5.41) is 0. The molecule has 0 saturated carbocycles. The topological polar surface area (TPSA) is 12.5 Å². The van der Waals surface area contributed by atoms with Crippen LogP contribution >= 0.6 is 0 Å². The van der Waals surface area contributed by atoms with E-state index in [2.05, 4.69) is 17.0 Å². The fraction of sp³-hybridized carbons (Fsp3) is 0.538. The molecule has 0 atom stereocenters. The predicted molar refractivity (Wildman–Crippen MR) is 62.4 cm³/mol. The van der Waals surface area contributed by atoms with Gasteiger partial charge in [-0.15, -0.1) is 0 Å². The number of ether oxygens (including phenoxy) is 1. The normalized spacial score (nSPS) is 16.9. The first kappa shape index (κ1) is 10.5. The molecule has 0 amide bonds. The maximum absolute atomic E-state index is 5.14. The van der Waals surface area contributed by atoms with Gasteiger partial charge < -0.3 is 9.64 Å². The van der Waals surface area contributed by atoms with Crippen LogP contribution in [0.2, 0.25) is 0 Å². The zero-order chi connectivity index (χ0) is 10.5. The van der Waals surface area contributed by atoms with E-state index < -0.39 is 0 Å². The Morgan fingerprint density at radius 3 is 2.40 bits per heavy atom. The molecule has 0 N–H and O–H groups in total. The van der Waals surface area contributed by atoms with Crippen molar-refractivity contribution in [3.05, 3.63) is 29.8 Å². The largest absolute Gasteiger partial charge is 0.497 e. The van der Waals surface area contributed by atoms with Gasteiger partial charge in [0.25, 0.3) is 0 Å². The van der Waals surface area contributed by atoms with Crippen LogP contribution in [0, 0.1) is 0 Å². The molecule has 1 aromatic rings. The molecule has 0 unspecified atom stereocenters. The Morgan fingerprint density at radius 1 is 1.13 bits per heavy atom. The number of nitrogens with zero attached hydrogens (tertiary/aromatic N) is 1. The van der Waals surface area contributed by atoms with Crippen molar-refractivity contribution in [2.45, 2.75) is 19.3 Å². The fourth-order valence-corrected chi connectivity index (χ4v) is 2.09. The van der Waals surface area contributed by atoms with Crippen molar-refractivity contribution < 1.29 is 4.74 Å². The molecule has 82 valence electrons. The first-order valence-corrected chi connectivity index (χ1v) is 5.74. The van der Waals surface area contributed by atoms with Crippen LogP contribution in [0.25, 0.3) is 0 Å². The molecule has 1 aromatic carbocycles. The molecule has 15 heavy (non-hydrogen) atoms. The number of hydrogen-bond donors (Lipinski definition) is 0. The van der Waals surface area contributed by atoms with E-state index in [9.17, 15) is 0 Å². The quantitative estimate of drug-likeness (QED) is 0.748. The Morgan fingerprint density at radius 2 is 1.80 bits per heavy atom. The maximum atomic E-state index is 5.14. The van der Waals surface area contributed by atoms with Crippen molar-refractivity contribution in [3.8, 4) is 5.75 Å². The lowest BCUT2D eigenvalue weighted by molar-refractivity contribution is 0.343. The van der Waals surface area contributed by atoms with E-state index in [-0.39, 0.29) is 0 Å². The molecule has 2 rings (SSSR count). The van der Waals surface area contributed by atoms with E-state index in [1.807, 2.05) is 12.1 Å². The average Bonchev–Trinajstić information content (AvgIpc) is 2.80. The van der Waals surface area contributed by atoms with Crippen LogP contribution in [-0.2, 0) is 6.42 Å². The van der Waals surface area contributed by atoms with Crippen LogP contribution in [-0.4, -0.2) is 31.6 Å². The molecule has 0 radical (unpaired) electrons. The van der Waals surface area contributed by atoms with Gasteiger partial charge in [0.1, 0.15) is 5.75 Å². The van der Waals surface area contributed by atoms with Gasteiger partial charge in [0, 0.05) is 6.54 Å². The van der Waals surface area contributed by atoms with Crippen molar-refractivity contribution in [1.82, 2.24) is 4.90 Å². The van der Waals surface area contributed by atoms with E-state index in [0.29, 0.717) is 0 Å². The first-order valence-electron chi connectivity index (χ1n) is 5.74. The third-order valence-corrected chi connectivity index (χ3v) is 3.07. The lowest BCUT2D eigenvalue weighted by Crippen LogP contribution is -2.21. The van der Waals surface area contributed by atoms with Crippen molar-refractivity contribution in [2.24, 2.45) is 0 Å². The summed E-state index contributed by atoms with van der Waals surface area (Å²) in [6, 6.07) is 8.41. The van der Waals surface area contributed by atoms with Gasteiger partial charge in [-0.2, -0.15) is 0 Å². The summed E-state index contributed by atoms with van der Waals surface area (Å²) in [6.45, 7) is 3.78. The molecule has 1 aliphatic rings. The van der Waals surface area contributed by atoms with Crippen molar-refractivity contribution >= 4 is 0 Å². The van der Waals surface area contributed by atoms with E-state index in [0.717, 1.165) is 12.2 Å². The highest BCUT2D eigenvalue weighted by Crippen LogP contribution is 2.13.